The Hall–Kier alpha value is -1.08. The summed E-state index contributed by atoms with van der Waals surface area (Å²) in [5.74, 6) is 0.962. The number of halogens is 2. The van der Waals surface area contributed by atoms with E-state index in [0.717, 1.165) is 24.4 Å². The number of aromatic nitrogens is 1. The summed E-state index contributed by atoms with van der Waals surface area (Å²) < 4.78 is 5.28. The fourth-order valence-corrected chi connectivity index (χ4v) is 2.42. The molecule has 1 aromatic rings. The number of hydrogen-bond acceptors (Lipinski definition) is 5. The van der Waals surface area contributed by atoms with Crippen LogP contribution in [0.1, 0.15) is 18.5 Å². The van der Waals surface area contributed by atoms with Crippen molar-refractivity contribution in [2.24, 2.45) is 11.7 Å². The van der Waals surface area contributed by atoms with Crippen molar-refractivity contribution < 1.29 is 9.53 Å². The zero-order valence-corrected chi connectivity index (χ0v) is 14.9. The summed E-state index contributed by atoms with van der Waals surface area (Å²) in [4.78, 5) is 16.3. The van der Waals surface area contributed by atoms with Crippen LogP contribution in [0.15, 0.2) is 18.2 Å². The molecule has 0 aliphatic carbocycles. The molecule has 1 atom stereocenters. The first-order valence-electron chi connectivity index (χ1n) is 7.45. The zero-order chi connectivity index (χ0) is 15.1. The lowest BCUT2D eigenvalue weighted by Gasteiger charge is -2.26. The number of nitrogens with two attached hydrogens (primary N) is 1. The first kappa shape index (κ1) is 21.9. The Kier molecular flexibility index (Phi) is 10.9. The van der Waals surface area contributed by atoms with Crippen LogP contribution in [0.5, 0.6) is 0 Å². The van der Waals surface area contributed by atoms with Crippen molar-refractivity contribution in [3.63, 3.8) is 0 Å². The molecule has 1 aliphatic rings. The molecule has 8 heteroatoms. The van der Waals surface area contributed by atoms with E-state index in [1.807, 2.05) is 25.1 Å². The van der Waals surface area contributed by atoms with E-state index in [2.05, 4.69) is 15.6 Å². The molecular formula is C15H26Cl2N4O2. The summed E-state index contributed by atoms with van der Waals surface area (Å²) in [6.45, 7) is 4.51. The number of nitrogens with one attached hydrogen (secondary N) is 2. The number of ether oxygens (including phenoxy) is 1. The number of nitrogens with zero attached hydrogens (tertiary/aromatic N) is 1. The highest BCUT2D eigenvalue weighted by atomic mass is 35.5. The van der Waals surface area contributed by atoms with Crippen LogP contribution in [0.2, 0.25) is 0 Å². The summed E-state index contributed by atoms with van der Waals surface area (Å²) in [5.41, 5.74) is 6.97. The maximum absolute atomic E-state index is 12.0. The highest BCUT2D eigenvalue weighted by Gasteiger charge is 2.26. The van der Waals surface area contributed by atoms with Gasteiger partial charge in [0.1, 0.15) is 5.82 Å². The van der Waals surface area contributed by atoms with E-state index in [4.69, 9.17) is 10.5 Å². The quantitative estimate of drug-likeness (QED) is 0.665. The Morgan fingerprint density at radius 1 is 1.35 bits per heavy atom. The van der Waals surface area contributed by atoms with Gasteiger partial charge in [0, 0.05) is 32.0 Å². The molecule has 23 heavy (non-hydrogen) atoms. The van der Waals surface area contributed by atoms with E-state index in [1.165, 1.54) is 0 Å². The monoisotopic (exact) mass is 364 g/mol. The molecule has 2 heterocycles. The topological polar surface area (TPSA) is 89.3 Å². The maximum atomic E-state index is 12.0. The van der Waals surface area contributed by atoms with Gasteiger partial charge in [0.05, 0.1) is 6.04 Å². The summed E-state index contributed by atoms with van der Waals surface area (Å²) in [6, 6.07) is 5.36. The fraction of sp³-hybridized carbons (Fsp3) is 0.600. The Morgan fingerprint density at radius 3 is 2.70 bits per heavy atom. The lowest BCUT2D eigenvalue weighted by atomic mass is 9.92. The summed E-state index contributed by atoms with van der Waals surface area (Å²) in [7, 11) is 0. The third-order valence-electron chi connectivity index (χ3n) is 3.70. The van der Waals surface area contributed by atoms with Gasteiger partial charge in [-0.25, -0.2) is 4.98 Å². The van der Waals surface area contributed by atoms with Crippen molar-refractivity contribution in [3.05, 3.63) is 23.9 Å². The largest absolute Gasteiger partial charge is 0.381 e. The normalized spacial score (nSPS) is 15.7. The van der Waals surface area contributed by atoms with E-state index in [-0.39, 0.29) is 36.6 Å². The van der Waals surface area contributed by atoms with E-state index in [0.29, 0.717) is 26.3 Å². The van der Waals surface area contributed by atoms with E-state index in [1.54, 1.807) is 0 Å². The Bertz CT molecular complexity index is 471. The van der Waals surface area contributed by atoms with Gasteiger partial charge in [-0.2, -0.15) is 0 Å². The number of carbonyl (C=O) groups excluding carboxylic acids is 1. The molecule has 0 saturated carbocycles. The van der Waals surface area contributed by atoms with Gasteiger partial charge in [0.2, 0.25) is 5.91 Å². The molecular weight excluding hydrogens is 339 g/mol. The van der Waals surface area contributed by atoms with Gasteiger partial charge in [-0.3, -0.25) is 4.79 Å². The van der Waals surface area contributed by atoms with Crippen LogP contribution < -0.4 is 16.4 Å². The summed E-state index contributed by atoms with van der Waals surface area (Å²) in [6.07, 6.45) is 1.72. The molecule has 1 saturated heterocycles. The highest BCUT2D eigenvalue weighted by molar-refractivity contribution is 5.85. The predicted molar refractivity (Wildman–Crippen MR) is 96.5 cm³/mol. The third-order valence-corrected chi connectivity index (χ3v) is 3.70. The number of carbonyl (C=O) groups is 1. The van der Waals surface area contributed by atoms with Crippen molar-refractivity contribution in [2.75, 3.05) is 31.6 Å². The van der Waals surface area contributed by atoms with Gasteiger partial charge in [-0.05, 0) is 37.8 Å². The molecule has 6 nitrogen and oxygen atoms in total. The molecule has 2 rings (SSSR count). The second-order valence-electron chi connectivity index (χ2n) is 5.36. The number of anilines is 1. The smallest absolute Gasteiger partial charge is 0.237 e. The molecule has 0 aromatic carbocycles. The minimum atomic E-state index is -0.439. The molecule has 1 aliphatic heterocycles. The fourth-order valence-electron chi connectivity index (χ4n) is 2.42. The SMILES string of the molecule is Cc1cccc(NCCNC(=O)C(N)C2CCOCC2)n1.Cl.Cl. The van der Waals surface area contributed by atoms with Crippen molar-refractivity contribution >= 4 is 36.5 Å². The zero-order valence-electron chi connectivity index (χ0n) is 13.3. The van der Waals surface area contributed by atoms with E-state index >= 15 is 0 Å². The van der Waals surface area contributed by atoms with Crippen molar-refractivity contribution in [1.82, 2.24) is 10.3 Å². The van der Waals surface area contributed by atoms with Gasteiger partial charge in [-0.1, -0.05) is 6.07 Å². The standard InChI is InChI=1S/C15H24N4O2.2ClH/c1-11-3-2-4-13(19-11)17-7-8-18-15(20)14(16)12-5-9-21-10-6-12;;/h2-4,12,14H,5-10,16H2,1H3,(H,17,19)(H,18,20);2*1H. The minimum Gasteiger partial charge on any atom is -0.381 e. The summed E-state index contributed by atoms with van der Waals surface area (Å²) >= 11 is 0. The second kappa shape index (κ2) is 11.5. The van der Waals surface area contributed by atoms with Crippen LogP contribution in [0, 0.1) is 12.8 Å². The highest BCUT2D eigenvalue weighted by Crippen LogP contribution is 2.17. The van der Waals surface area contributed by atoms with Crippen molar-refractivity contribution in [1.29, 1.82) is 0 Å². The second-order valence-corrected chi connectivity index (χ2v) is 5.36. The molecule has 1 unspecified atom stereocenters. The third kappa shape index (κ3) is 7.35. The molecule has 1 fully saturated rings. The maximum Gasteiger partial charge on any atom is 0.237 e. The Labute approximate surface area is 149 Å². The van der Waals surface area contributed by atoms with Crippen LogP contribution in [-0.2, 0) is 9.53 Å². The number of rotatable bonds is 6. The molecule has 4 N–H and O–H groups in total. The van der Waals surface area contributed by atoms with Crippen molar-refractivity contribution in [3.8, 4) is 0 Å². The van der Waals surface area contributed by atoms with Gasteiger partial charge >= 0.3 is 0 Å². The van der Waals surface area contributed by atoms with Crippen LogP contribution in [-0.4, -0.2) is 43.2 Å². The average molecular weight is 365 g/mol. The van der Waals surface area contributed by atoms with Gasteiger partial charge in [0.25, 0.3) is 0 Å². The number of pyridine rings is 1. The molecule has 132 valence electrons. The Balaban J connectivity index is 0.00000242. The number of amides is 1. The Morgan fingerprint density at radius 2 is 2.04 bits per heavy atom. The predicted octanol–water partition coefficient (Wildman–Crippen LogP) is 1.52. The van der Waals surface area contributed by atoms with E-state index < -0.39 is 6.04 Å². The van der Waals surface area contributed by atoms with E-state index in [9.17, 15) is 4.79 Å². The van der Waals surface area contributed by atoms with Crippen LogP contribution in [0.4, 0.5) is 5.82 Å². The number of hydrogen-bond donors (Lipinski definition) is 3. The molecule has 1 aromatic heterocycles. The van der Waals surface area contributed by atoms with Gasteiger partial charge in [-0.15, -0.1) is 24.8 Å². The van der Waals surface area contributed by atoms with Crippen LogP contribution in [0.3, 0.4) is 0 Å². The molecule has 0 bridgehead atoms. The van der Waals surface area contributed by atoms with Gasteiger partial charge in [0.15, 0.2) is 0 Å². The minimum absolute atomic E-state index is 0. The first-order valence-corrected chi connectivity index (χ1v) is 7.45. The average Bonchev–Trinajstić information content (AvgIpc) is 2.51. The van der Waals surface area contributed by atoms with Crippen LogP contribution >= 0.6 is 24.8 Å². The lowest BCUT2D eigenvalue weighted by Crippen LogP contribution is -2.48. The van der Waals surface area contributed by atoms with Crippen LogP contribution in [0.25, 0.3) is 0 Å². The summed E-state index contributed by atoms with van der Waals surface area (Å²) in [5, 5.41) is 6.04. The lowest BCUT2D eigenvalue weighted by molar-refractivity contribution is -0.124. The van der Waals surface area contributed by atoms with Crippen molar-refractivity contribution in [2.45, 2.75) is 25.8 Å². The molecule has 0 spiro atoms. The number of aryl methyl sites for hydroxylation is 1. The molecule has 1 amide bonds. The van der Waals surface area contributed by atoms with Gasteiger partial charge < -0.3 is 21.1 Å². The first-order chi connectivity index (χ1) is 10.2. The molecule has 0 radical (unpaired) electrons.